The van der Waals surface area contributed by atoms with Crippen LogP contribution in [0.2, 0.25) is 0 Å². The Morgan fingerprint density at radius 2 is 1.23 bits per heavy atom. The molecule has 134 valence electrons. The van der Waals surface area contributed by atoms with Gasteiger partial charge in [-0.25, -0.2) is 4.98 Å². The molecule has 4 heteroatoms. The van der Waals surface area contributed by atoms with Gasteiger partial charge >= 0.3 is 6.01 Å². The van der Waals surface area contributed by atoms with Crippen LogP contribution >= 0.6 is 0 Å². The highest BCUT2D eigenvalue weighted by molar-refractivity contribution is 5.66. The minimum absolute atomic E-state index is 0.381. The predicted molar refractivity (Wildman–Crippen MR) is 105 cm³/mol. The zero-order valence-electron chi connectivity index (χ0n) is 16.1. The number of ether oxygens (including phenoxy) is 1. The van der Waals surface area contributed by atoms with E-state index in [0.29, 0.717) is 24.3 Å². The Bertz CT molecular complexity index is 865. The van der Waals surface area contributed by atoms with Crippen LogP contribution in [0.5, 0.6) is 6.01 Å². The molecule has 0 N–H and O–H groups in total. The van der Waals surface area contributed by atoms with Crippen molar-refractivity contribution >= 4 is 0 Å². The van der Waals surface area contributed by atoms with Crippen molar-refractivity contribution in [2.24, 2.45) is 0 Å². The third-order valence-electron chi connectivity index (χ3n) is 4.30. The van der Waals surface area contributed by atoms with E-state index in [9.17, 15) is 0 Å². The molecule has 0 atom stereocenters. The number of benzene rings is 2. The summed E-state index contributed by atoms with van der Waals surface area (Å²) < 4.78 is 5.74. The van der Waals surface area contributed by atoms with E-state index in [1.807, 2.05) is 0 Å². The maximum Gasteiger partial charge on any atom is 0.320 e. The molecule has 0 unspecified atom stereocenters. The predicted octanol–water partition coefficient (Wildman–Crippen LogP) is 5.23. The van der Waals surface area contributed by atoms with Crippen molar-refractivity contribution in [3.8, 4) is 28.8 Å². The van der Waals surface area contributed by atoms with Gasteiger partial charge in [0, 0.05) is 11.1 Å². The zero-order valence-corrected chi connectivity index (χ0v) is 16.1. The lowest BCUT2D eigenvalue weighted by Gasteiger charge is -2.11. The quantitative estimate of drug-likeness (QED) is 0.634. The second-order valence-electron chi connectivity index (χ2n) is 6.75. The lowest BCUT2D eigenvalue weighted by Crippen LogP contribution is -2.05. The summed E-state index contributed by atoms with van der Waals surface area (Å²) in [6.07, 6.45) is 0.906. The van der Waals surface area contributed by atoms with Gasteiger partial charge < -0.3 is 4.74 Å². The number of aromatic nitrogens is 3. The summed E-state index contributed by atoms with van der Waals surface area (Å²) in [5.74, 6) is 1.30. The Kier molecular flexibility index (Phi) is 5.31. The van der Waals surface area contributed by atoms with Gasteiger partial charge in [0.25, 0.3) is 0 Å². The minimum Gasteiger partial charge on any atom is -0.463 e. The van der Waals surface area contributed by atoms with E-state index in [0.717, 1.165) is 28.7 Å². The molecule has 0 radical (unpaired) electrons. The molecule has 1 aromatic heterocycles. The first-order valence-corrected chi connectivity index (χ1v) is 9.02. The van der Waals surface area contributed by atoms with E-state index in [1.165, 1.54) is 11.1 Å². The van der Waals surface area contributed by atoms with Crippen LogP contribution in [0.1, 0.15) is 35.6 Å². The molecule has 3 aromatic rings. The van der Waals surface area contributed by atoms with Crippen molar-refractivity contribution < 1.29 is 4.74 Å². The first kappa shape index (κ1) is 18.1. The zero-order chi connectivity index (χ0) is 18.7. The average Bonchev–Trinajstić information content (AvgIpc) is 2.59. The van der Waals surface area contributed by atoms with Gasteiger partial charge in [-0.3, -0.25) is 0 Å². The van der Waals surface area contributed by atoms with Crippen molar-refractivity contribution in [3.05, 3.63) is 58.7 Å². The van der Waals surface area contributed by atoms with E-state index in [1.54, 1.807) is 0 Å². The van der Waals surface area contributed by atoms with E-state index in [2.05, 4.69) is 81.0 Å². The monoisotopic (exact) mass is 347 g/mol. The second-order valence-corrected chi connectivity index (χ2v) is 6.75. The van der Waals surface area contributed by atoms with Crippen molar-refractivity contribution in [1.29, 1.82) is 0 Å². The normalized spacial score (nSPS) is 10.8. The summed E-state index contributed by atoms with van der Waals surface area (Å²) in [5, 5.41) is 0. The lowest BCUT2D eigenvalue weighted by molar-refractivity contribution is 0.292. The highest BCUT2D eigenvalue weighted by Crippen LogP contribution is 2.27. The standard InChI is InChI=1S/C22H25N3O/c1-6-11-26-22-24-20(18-9-7-14(2)12-16(18)4)23-21(25-22)19-10-8-15(3)13-17(19)5/h7-10,12-13H,6,11H2,1-5H3. The molecule has 0 spiro atoms. The fourth-order valence-electron chi connectivity index (χ4n) is 2.98. The summed E-state index contributed by atoms with van der Waals surface area (Å²) >= 11 is 0. The summed E-state index contributed by atoms with van der Waals surface area (Å²) in [6.45, 7) is 11.0. The first-order valence-electron chi connectivity index (χ1n) is 9.02. The molecular weight excluding hydrogens is 322 g/mol. The van der Waals surface area contributed by atoms with Crippen molar-refractivity contribution in [1.82, 2.24) is 15.0 Å². The highest BCUT2D eigenvalue weighted by atomic mass is 16.5. The summed E-state index contributed by atoms with van der Waals surface area (Å²) in [4.78, 5) is 13.9. The Hall–Kier alpha value is -2.75. The Morgan fingerprint density at radius 3 is 1.65 bits per heavy atom. The third-order valence-corrected chi connectivity index (χ3v) is 4.30. The molecule has 0 fully saturated rings. The third kappa shape index (κ3) is 3.90. The maximum absolute atomic E-state index is 5.74. The van der Waals surface area contributed by atoms with Gasteiger partial charge in [0.1, 0.15) is 0 Å². The molecule has 0 aliphatic carbocycles. The topological polar surface area (TPSA) is 47.9 Å². The maximum atomic E-state index is 5.74. The van der Waals surface area contributed by atoms with Crippen molar-refractivity contribution in [3.63, 3.8) is 0 Å². The molecule has 0 saturated heterocycles. The Morgan fingerprint density at radius 1 is 0.731 bits per heavy atom. The van der Waals surface area contributed by atoms with E-state index < -0.39 is 0 Å². The van der Waals surface area contributed by atoms with Crippen LogP contribution in [0.3, 0.4) is 0 Å². The molecule has 4 nitrogen and oxygen atoms in total. The van der Waals surface area contributed by atoms with Gasteiger partial charge in [0.05, 0.1) is 6.61 Å². The number of hydrogen-bond acceptors (Lipinski definition) is 4. The van der Waals surface area contributed by atoms with Gasteiger partial charge in [0.15, 0.2) is 11.6 Å². The van der Waals surface area contributed by atoms with E-state index in [4.69, 9.17) is 9.72 Å². The second kappa shape index (κ2) is 7.65. The molecule has 0 aliphatic heterocycles. The van der Waals surface area contributed by atoms with Crippen LogP contribution in [0.15, 0.2) is 36.4 Å². The fraction of sp³-hybridized carbons (Fsp3) is 0.318. The van der Waals surface area contributed by atoms with Crippen LogP contribution in [0, 0.1) is 27.7 Å². The Labute approximate surface area is 155 Å². The Balaban J connectivity index is 2.15. The fourth-order valence-corrected chi connectivity index (χ4v) is 2.98. The molecule has 0 aliphatic rings. The van der Waals surface area contributed by atoms with Crippen LogP contribution in [0.25, 0.3) is 22.8 Å². The van der Waals surface area contributed by atoms with Gasteiger partial charge in [0.2, 0.25) is 0 Å². The number of hydrogen-bond donors (Lipinski definition) is 0. The summed E-state index contributed by atoms with van der Waals surface area (Å²) in [7, 11) is 0. The van der Waals surface area contributed by atoms with Gasteiger partial charge in [-0.1, -0.05) is 54.4 Å². The molecule has 3 rings (SSSR count). The average molecular weight is 347 g/mol. The molecule has 0 bridgehead atoms. The molecular formula is C22H25N3O. The lowest BCUT2D eigenvalue weighted by atomic mass is 10.0. The molecule has 0 amide bonds. The van der Waals surface area contributed by atoms with Crippen LogP contribution in [-0.4, -0.2) is 21.6 Å². The van der Waals surface area contributed by atoms with Crippen LogP contribution in [0.4, 0.5) is 0 Å². The van der Waals surface area contributed by atoms with Gasteiger partial charge in [-0.2, -0.15) is 9.97 Å². The van der Waals surface area contributed by atoms with Gasteiger partial charge in [-0.15, -0.1) is 0 Å². The van der Waals surface area contributed by atoms with Crippen molar-refractivity contribution in [2.75, 3.05) is 6.61 Å². The largest absolute Gasteiger partial charge is 0.463 e. The number of nitrogens with zero attached hydrogens (tertiary/aromatic N) is 3. The minimum atomic E-state index is 0.381. The summed E-state index contributed by atoms with van der Waals surface area (Å²) in [6, 6.07) is 13.0. The van der Waals surface area contributed by atoms with Crippen molar-refractivity contribution in [2.45, 2.75) is 41.0 Å². The van der Waals surface area contributed by atoms with Crippen LogP contribution < -0.4 is 4.74 Å². The molecule has 0 saturated carbocycles. The van der Waals surface area contributed by atoms with Gasteiger partial charge in [-0.05, 0) is 45.2 Å². The van der Waals surface area contributed by atoms with E-state index >= 15 is 0 Å². The van der Waals surface area contributed by atoms with E-state index in [-0.39, 0.29) is 0 Å². The van der Waals surface area contributed by atoms with Crippen LogP contribution in [-0.2, 0) is 0 Å². The highest BCUT2D eigenvalue weighted by Gasteiger charge is 2.14. The summed E-state index contributed by atoms with van der Waals surface area (Å²) in [5.41, 5.74) is 6.74. The molecule has 1 heterocycles. The SMILES string of the molecule is CCCOc1nc(-c2ccc(C)cc2C)nc(-c2ccc(C)cc2C)n1. The smallest absolute Gasteiger partial charge is 0.320 e. The number of aryl methyl sites for hydroxylation is 4. The first-order chi connectivity index (χ1) is 12.5. The molecule has 2 aromatic carbocycles. The number of rotatable bonds is 5. The molecule has 26 heavy (non-hydrogen) atoms.